The summed E-state index contributed by atoms with van der Waals surface area (Å²) in [6.45, 7) is 7.42. The van der Waals surface area contributed by atoms with Crippen LogP contribution in [-0.4, -0.2) is 30.7 Å². The molecule has 110 valence electrons. The lowest BCUT2D eigenvalue weighted by Gasteiger charge is -2.30. The number of carbonyl (C=O) groups is 1. The van der Waals surface area contributed by atoms with Crippen LogP contribution in [0.5, 0.6) is 0 Å². The molecule has 0 aromatic heterocycles. The Morgan fingerprint density at radius 3 is 2.85 bits per heavy atom. The van der Waals surface area contributed by atoms with Crippen molar-refractivity contribution in [3.63, 3.8) is 0 Å². The number of ether oxygens (including phenoxy) is 1. The second-order valence-corrected chi connectivity index (χ2v) is 5.47. The SMILES string of the molecule is CCNC(=O)c1ccc(NC2(C)CCOC2C)c(N)c1. The van der Waals surface area contributed by atoms with E-state index in [9.17, 15) is 4.79 Å². The van der Waals surface area contributed by atoms with E-state index in [1.165, 1.54) is 0 Å². The largest absolute Gasteiger partial charge is 0.397 e. The van der Waals surface area contributed by atoms with Crippen LogP contribution < -0.4 is 16.4 Å². The van der Waals surface area contributed by atoms with Gasteiger partial charge in [-0.3, -0.25) is 4.79 Å². The van der Waals surface area contributed by atoms with Gasteiger partial charge >= 0.3 is 0 Å². The average molecular weight is 277 g/mol. The number of hydrogen-bond donors (Lipinski definition) is 3. The van der Waals surface area contributed by atoms with E-state index in [2.05, 4.69) is 24.5 Å². The van der Waals surface area contributed by atoms with Gasteiger partial charge in [0.15, 0.2) is 0 Å². The molecule has 2 rings (SSSR count). The standard InChI is InChI=1S/C15H23N3O2/c1-4-17-14(19)11-5-6-13(12(16)9-11)18-15(3)7-8-20-10(15)2/h5-6,9-10,18H,4,7-8,16H2,1-3H3,(H,17,19). The van der Waals surface area contributed by atoms with Crippen LogP contribution in [0.1, 0.15) is 37.6 Å². The molecule has 1 aliphatic heterocycles. The minimum Gasteiger partial charge on any atom is -0.397 e. The Labute approximate surface area is 119 Å². The minimum absolute atomic E-state index is 0.102. The topological polar surface area (TPSA) is 76.4 Å². The lowest BCUT2D eigenvalue weighted by molar-refractivity contribution is 0.0955. The quantitative estimate of drug-likeness (QED) is 0.736. The molecular formula is C15H23N3O2. The molecule has 1 saturated heterocycles. The molecule has 1 aromatic carbocycles. The second kappa shape index (κ2) is 5.71. The fraction of sp³-hybridized carbons (Fsp3) is 0.533. The molecule has 1 aromatic rings. The number of rotatable bonds is 4. The van der Waals surface area contributed by atoms with E-state index < -0.39 is 0 Å². The normalized spacial score (nSPS) is 25.4. The van der Waals surface area contributed by atoms with Crippen LogP contribution in [-0.2, 0) is 4.74 Å². The summed E-state index contributed by atoms with van der Waals surface area (Å²) in [4.78, 5) is 11.8. The molecule has 20 heavy (non-hydrogen) atoms. The number of hydrogen-bond acceptors (Lipinski definition) is 4. The van der Waals surface area contributed by atoms with Crippen molar-refractivity contribution in [1.82, 2.24) is 5.32 Å². The van der Waals surface area contributed by atoms with Gasteiger partial charge in [-0.15, -0.1) is 0 Å². The first kappa shape index (κ1) is 14.7. The average Bonchev–Trinajstić information content (AvgIpc) is 2.72. The maximum absolute atomic E-state index is 11.8. The summed E-state index contributed by atoms with van der Waals surface area (Å²) >= 11 is 0. The van der Waals surface area contributed by atoms with Crippen LogP contribution in [0.4, 0.5) is 11.4 Å². The molecule has 2 atom stereocenters. The van der Waals surface area contributed by atoms with Gasteiger partial charge in [0, 0.05) is 18.7 Å². The molecule has 5 heteroatoms. The molecule has 0 saturated carbocycles. The highest BCUT2D eigenvalue weighted by Crippen LogP contribution is 2.32. The Morgan fingerprint density at radius 2 is 2.30 bits per heavy atom. The molecule has 0 aliphatic carbocycles. The molecule has 1 amide bonds. The van der Waals surface area contributed by atoms with Crippen molar-refractivity contribution in [2.45, 2.75) is 38.8 Å². The highest BCUT2D eigenvalue weighted by Gasteiger charge is 2.37. The Hall–Kier alpha value is -1.75. The number of nitrogens with two attached hydrogens (primary N) is 1. The molecule has 1 aliphatic rings. The summed E-state index contributed by atoms with van der Waals surface area (Å²) in [5, 5.41) is 6.21. The zero-order valence-electron chi connectivity index (χ0n) is 12.3. The van der Waals surface area contributed by atoms with Crippen molar-refractivity contribution >= 4 is 17.3 Å². The summed E-state index contributed by atoms with van der Waals surface area (Å²) in [5.41, 5.74) is 7.93. The highest BCUT2D eigenvalue weighted by atomic mass is 16.5. The smallest absolute Gasteiger partial charge is 0.251 e. The van der Waals surface area contributed by atoms with E-state index in [1.54, 1.807) is 12.1 Å². The molecule has 0 radical (unpaired) electrons. The Balaban J connectivity index is 2.16. The first-order valence-corrected chi connectivity index (χ1v) is 7.04. The number of nitrogen functional groups attached to an aromatic ring is 1. The lowest BCUT2D eigenvalue weighted by atomic mass is 9.94. The van der Waals surface area contributed by atoms with Gasteiger partial charge in [0.25, 0.3) is 5.91 Å². The van der Waals surface area contributed by atoms with Crippen molar-refractivity contribution in [2.75, 3.05) is 24.2 Å². The number of amides is 1. The summed E-state index contributed by atoms with van der Waals surface area (Å²) in [6.07, 6.45) is 1.07. The summed E-state index contributed by atoms with van der Waals surface area (Å²) in [6, 6.07) is 5.35. The number of nitrogens with one attached hydrogen (secondary N) is 2. The summed E-state index contributed by atoms with van der Waals surface area (Å²) < 4.78 is 5.61. The fourth-order valence-electron chi connectivity index (χ4n) is 2.39. The number of benzene rings is 1. The van der Waals surface area contributed by atoms with Crippen LogP contribution in [0.3, 0.4) is 0 Å². The maximum Gasteiger partial charge on any atom is 0.251 e. The van der Waals surface area contributed by atoms with E-state index >= 15 is 0 Å². The molecule has 4 N–H and O–H groups in total. The van der Waals surface area contributed by atoms with Gasteiger partial charge in [0.2, 0.25) is 0 Å². The van der Waals surface area contributed by atoms with E-state index in [0.717, 1.165) is 18.7 Å². The predicted molar refractivity (Wildman–Crippen MR) is 80.9 cm³/mol. The van der Waals surface area contributed by atoms with Gasteiger partial charge in [0.1, 0.15) is 0 Å². The molecule has 1 fully saturated rings. The van der Waals surface area contributed by atoms with E-state index in [0.29, 0.717) is 17.8 Å². The molecule has 0 spiro atoms. The van der Waals surface area contributed by atoms with Gasteiger partial charge in [-0.2, -0.15) is 0 Å². The third-order valence-electron chi connectivity index (χ3n) is 3.96. The van der Waals surface area contributed by atoms with Crippen LogP contribution in [0, 0.1) is 0 Å². The summed E-state index contributed by atoms with van der Waals surface area (Å²) in [7, 11) is 0. The van der Waals surface area contributed by atoms with Crippen molar-refractivity contribution in [3.05, 3.63) is 23.8 Å². The highest BCUT2D eigenvalue weighted by molar-refractivity contribution is 5.96. The van der Waals surface area contributed by atoms with Crippen LogP contribution in [0.15, 0.2) is 18.2 Å². The zero-order chi connectivity index (χ0) is 14.8. The molecule has 0 bridgehead atoms. The van der Waals surface area contributed by atoms with Crippen LogP contribution >= 0.6 is 0 Å². The van der Waals surface area contributed by atoms with Crippen molar-refractivity contribution < 1.29 is 9.53 Å². The zero-order valence-corrected chi connectivity index (χ0v) is 12.3. The maximum atomic E-state index is 11.8. The van der Waals surface area contributed by atoms with Gasteiger partial charge in [0.05, 0.1) is 23.0 Å². The molecule has 5 nitrogen and oxygen atoms in total. The van der Waals surface area contributed by atoms with Crippen LogP contribution in [0.25, 0.3) is 0 Å². The predicted octanol–water partition coefficient (Wildman–Crippen LogP) is 2.00. The van der Waals surface area contributed by atoms with Crippen molar-refractivity contribution in [1.29, 1.82) is 0 Å². The first-order chi connectivity index (χ1) is 9.46. The van der Waals surface area contributed by atoms with E-state index in [1.807, 2.05) is 13.0 Å². The molecule has 2 unspecified atom stereocenters. The first-order valence-electron chi connectivity index (χ1n) is 7.04. The fourth-order valence-corrected chi connectivity index (χ4v) is 2.39. The Bertz CT molecular complexity index is 504. The van der Waals surface area contributed by atoms with Crippen molar-refractivity contribution in [2.24, 2.45) is 0 Å². The van der Waals surface area contributed by atoms with E-state index in [4.69, 9.17) is 10.5 Å². The molecule has 1 heterocycles. The second-order valence-electron chi connectivity index (χ2n) is 5.47. The van der Waals surface area contributed by atoms with Crippen molar-refractivity contribution in [3.8, 4) is 0 Å². The molecular weight excluding hydrogens is 254 g/mol. The summed E-state index contributed by atoms with van der Waals surface area (Å²) in [5.74, 6) is -0.102. The lowest BCUT2D eigenvalue weighted by Crippen LogP contribution is -2.41. The van der Waals surface area contributed by atoms with E-state index in [-0.39, 0.29) is 17.6 Å². The van der Waals surface area contributed by atoms with Crippen LogP contribution in [0.2, 0.25) is 0 Å². The van der Waals surface area contributed by atoms with Gasteiger partial charge in [-0.25, -0.2) is 0 Å². The third-order valence-corrected chi connectivity index (χ3v) is 3.96. The van der Waals surface area contributed by atoms with Gasteiger partial charge in [-0.05, 0) is 45.4 Å². The van der Waals surface area contributed by atoms with Gasteiger partial charge < -0.3 is 21.1 Å². The Morgan fingerprint density at radius 1 is 1.55 bits per heavy atom. The third kappa shape index (κ3) is 2.88. The number of carbonyl (C=O) groups excluding carboxylic acids is 1. The minimum atomic E-state index is -0.124. The Kier molecular flexibility index (Phi) is 4.18. The number of anilines is 2. The monoisotopic (exact) mass is 277 g/mol. The van der Waals surface area contributed by atoms with Gasteiger partial charge in [-0.1, -0.05) is 0 Å².